The lowest BCUT2D eigenvalue weighted by atomic mass is 9.86. The summed E-state index contributed by atoms with van der Waals surface area (Å²) in [7, 11) is 0. The van der Waals surface area contributed by atoms with Crippen LogP contribution in [0, 0.1) is 5.41 Å². The Hall–Kier alpha value is -0.780. The Balaban J connectivity index is 0.000000249. The fourth-order valence-electron chi connectivity index (χ4n) is 1.24. The van der Waals surface area contributed by atoms with Crippen molar-refractivity contribution in [1.29, 1.82) is 0 Å². The smallest absolute Gasteiger partial charge is 0.0357 e. The molecule has 0 fully saturated rings. The molecule has 1 aromatic carbocycles. The normalized spacial score (nSPS) is 10.3. The predicted molar refractivity (Wildman–Crippen MR) is 65.4 cm³/mol. The minimum Gasteiger partial charge on any atom is -0.0654 e. The van der Waals surface area contributed by atoms with Crippen LogP contribution < -0.4 is 0 Å². The molecule has 0 aliphatic carbocycles. The van der Waals surface area contributed by atoms with E-state index in [9.17, 15) is 0 Å². The zero-order valence-corrected chi connectivity index (χ0v) is 10.1. The summed E-state index contributed by atoms with van der Waals surface area (Å²) in [6.07, 6.45) is 3.99. The average molecular weight is 192 g/mol. The first-order chi connectivity index (χ1) is 6.62. The Morgan fingerprint density at radius 1 is 0.786 bits per heavy atom. The molecule has 0 unspecified atom stereocenters. The Labute approximate surface area is 89.4 Å². The molecule has 0 aliphatic rings. The molecule has 1 rings (SSSR count). The van der Waals surface area contributed by atoms with Crippen molar-refractivity contribution >= 4 is 0 Å². The Bertz CT molecular complexity index is 172. The van der Waals surface area contributed by atoms with Crippen LogP contribution in [0.5, 0.6) is 0 Å². The first-order valence-corrected chi connectivity index (χ1v) is 5.62. The van der Waals surface area contributed by atoms with E-state index in [0.717, 1.165) is 0 Å². The van der Waals surface area contributed by atoms with Crippen molar-refractivity contribution in [2.45, 2.75) is 47.0 Å². The summed E-state index contributed by atoms with van der Waals surface area (Å²) in [6.45, 7) is 9.17. The summed E-state index contributed by atoms with van der Waals surface area (Å²) in [5, 5.41) is 0. The molecule has 0 bridgehead atoms. The lowest BCUT2D eigenvalue weighted by Crippen LogP contribution is -2.07. The molecule has 0 N–H and O–H groups in total. The highest BCUT2D eigenvalue weighted by atomic mass is 14.2. The monoisotopic (exact) mass is 192 g/mol. The highest BCUT2D eigenvalue weighted by molar-refractivity contribution is 4.99. The van der Waals surface area contributed by atoms with Crippen LogP contribution in [0.3, 0.4) is 0 Å². The Morgan fingerprint density at radius 3 is 1.29 bits per heavy atom. The lowest BCUT2D eigenvalue weighted by Gasteiger charge is -2.20. The van der Waals surface area contributed by atoms with Gasteiger partial charge in [-0.05, 0) is 11.8 Å². The highest BCUT2D eigenvalue weighted by Gasteiger charge is 2.11. The molecule has 0 heterocycles. The van der Waals surface area contributed by atoms with E-state index in [2.05, 4.69) is 27.7 Å². The number of benzene rings is 1. The van der Waals surface area contributed by atoms with E-state index in [0.29, 0.717) is 5.41 Å². The molecule has 80 valence electrons. The minimum atomic E-state index is 0.592. The van der Waals surface area contributed by atoms with Crippen molar-refractivity contribution in [3.63, 3.8) is 0 Å². The van der Waals surface area contributed by atoms with Gasteiger partial charge in [-0.3, -0.25) is 0 Å². The first-order valence-electron chi connectivity index (χ1n) is 5.62. The van der Waals surface area contributed by atoms with Crippen LogP contribution in [0.1, 0.15) is 47.0 Å². The van der Waals surface area contributed by atoms with Gasteiger partial charge in [0.2, 0.25) is 0 Å². The lowest BCUT2D eigenvalue weighted by molar-refractivity contribution is 0.319. The van der Waals surface area contributed by atoms with Crippen LogP contribution in [-0.2, 0) is 0 Å². The molecule has 14 heavy (non-hydrogen) atoms. The summed E-state index contributed by atoms with van der Waals surface area (Å²) in [4.78, 5) is 0. The van der Waals surface area contributed by atoms with Crippen LogP contribution >= 0.6 is 0 Å². The van der Waals surface area contributed by atoms with Crippen molar-refractivity contribution in [2.75, 3.05) is 0 Å². The number of hydrogen-bond donors (Lipinski definition) is 0. The molecule has 0 spiro atoms. The van der Waals surface area contributed by atoms with Gasteiger partial charge in [-0.15, -0.1) is 0 Å². The van der Waals surface area contributed by atoms with E-state index in [1.54, 1.807) is 0 Å². The maximum atomic E-state index is 2.33. The fraction of sp³-hybridized carbons (Fsp3) is 0.571. The third-order valence-corrected chi connectivity index (χ3v) is 2.55. The van der Waals surface area contributed by atoms with Crippen molar-refractivity contribution < 1.29 is 0 Å². The topological polar surface area (TPSA) is 0 Å². The van der Waals surface area contributed by atoms with Gasteiger partial charge >= 0.3 is 0 Å². The molecular formula is C14H24. The molecule has 0 nitrogen and oxygen atoms in total. The van der Waals surface area contributed by atoms with Gasteiger partial charge in [0, 0.05) is 0 Å². The number of rotatable bonds is 3. The van der Waals surface area contributed by atoms with E-state index < -0.39 is 0 Å². The zero-order valence-electron chi connectivity index (χ0n) is 10.1. The van der Waals surface area contributed by atoms with Gasteiger partial charge in [-0.1, -0.05) is 76.9 Å². The van der Waals surface area contributed by atoms with Crippen molar-refractivity contribution in [2.24, 2.45) is 5.41 Å². The second-order valence-electron chi connectivity index (χ2n) is 4.42. The largest absolute Gasteiger partial charge is 0.0654 e. The molecule has 0 atom stereocenters. The third kappa shape index (κ3) is 7.85. The quantitative estimate of drug-likeness (QED) is 0.638. The maximum Gasteiger partial charge on any atom is -0.0357 e. The van der Waals surface area contributed by atoms with Gasteiger partial charge in [0.1, 0.15) is 0 Å². The predicted octanol–water partition coefficient (Wildman–Crippen LogP) is 4.91. The van der Waals surface area contributed by atoms with Crippen LogP contribution in [0.4, 0.5) is 0 Å². The summed E-state index contributed by atoms with van der Waals surface area (Å²) < 4.78 is 0. The summed E-state index contributed by atoms with van der Waals surface area (Å²) in [5.41, 5.74) is 0.592. The van der Waals surface area contributed by atoms with Gasteiger partial charge in [0.25, 0.3) is 0 Å². The van der Waals surface area contributed by atoms with E-state index >= 15 is 0 Å². The molecule has 0 aromatic heterocycles. The molecule has 0 saturated heterocycles. The standard InChI is InChI=1S/C8H18.C6H6/c1-5-7-8(3,4)6-2;1-2-4-6-5-3-1/h5-7H2,1-4H3;1-6H. The van der Waals surface area contributed by atoms with Crippen molar-refractivity contribution in [1.82, 2.24) is 0 Å². The maximum absolute atomic E-state index is 2.33. The Morgan fingerprint density at radius 2 is 1.14 bits per heavy atom. The summed E-state index contributed by atoms with van der Waals surface area (Å²) >= 11 is 0. The van der Waals surface area contributed by atoms with Crippen LogP contribution in [0.25, 0.3) is 0 Å². The molecule has 0 aliphatic heterocycles. The molecule has 0 heteroatoms. The summed E-state index contributed by atoms with van der Waals surface area (Å²) in [6, 6.07) is 12.0. The molecular weight excluding hydrogens is 168 g/mol. The van der Waals surface area contributed by atoms with Crippen LogP contribution in [-0.4, -0.2) is 0 Å². The second-order valence-corrected chi connectivity index (χ2v) is 4.42. The fourth-order valence-corrected chi connectivity index (χ4v) is 1.24. The average Bonchev–Trinajstić information content (AvgIpc) is 2.21. The molecule has 0 radical (unpaired) electrons. The molecule has 0 saturated carbocycles. The SMILES string of the molecule is CCCC(C)(C)CC.c1ccccc1. The Kier molecular flexibility index (Phi) is 7.18. The van der Waals surface area contributed by atoms with Gasteiger partial charge in [0.05, 0.1) is 0 Å². The zero-order chi connectivity index (χ0) is 10.9. The van der Waals surface area contributed by atoms with E-state index in [4.69, 9.17) is 0 Å². The number of hydrogen-bond acceptors (Lipinski definition) is 0. The van der Waals surface area contributed by atoms with Crippen molar-refractivity contribution in [3.05, 3.63) is 36.4 Å². The van der Waals surface area contributed by atoms with Gasteiger partial charge in [-0.25, -0.2) is 0 Å². The highest BCUT2D eigenvalue weighted by Crippen LogP contribution is 2.25. The van der Waals surface area contributed by atoms with Gasteiger partial charge in [0.15, 0.2) is 0 Å². The van der Waals surface area contributed by atoms with Crippen LogP contribution in [0.2, 0.25) is 0 Å². The van der Waals surface area contributed by atoms with E-state index in [1.807, 2.05) is 36.4 Å². The summed E-state index contributed by atoms with van der Waals surface area (Å²) in [5.74, 6) is 0. The van der Waals surface area contributed by atoms with Crippen LogP contribution in [0.15, 0.2) is 36.4 Å². The van der Waals surface area contributed by atoms with E-state index in [1.165, 1.54) is 19.3 Å². The third-order valence-electron chi connectivity index (χ3n) is 2.55. The molecule has 1 aromatic rings. The van der Waals surface area contributed by atoms with Crippen molar-refractivity contribution in [3.8, 4) is 0 Å². The van der Waals surface area contributed by atoms with Gasteiger partial charge < -0.3 is 0 Å². The van der Waals surface area contributed by atoms with E-state index in [-0.39, 0.29) is 0 Å². The first kappa shape index (κ1) is 13.2. The van der Waals surface area contributed by atoms with Gasteiger partial charge in [-0.2, -0.15) is 0 Å². The minimum absolute atomic E-state index is 0.592. The molecule has 0 amide bonds. The second kappa shape index (κ2) is 7.61.